The number of benzene rings is 2. The molecule has 5 heteroatoms. The number of hydrogen-bond donors (Lipinski definition) is 0. The molecule has 4 nitrogen and oxygen atoms in total. The van der Waals surface area contributed by atoms with Crippen molar-refractivity contribution >= 4 is 0 Å². The third-order valence-corrected chi connectivity index (χ3v) is 3.84. The SMILES string of the molecule is Fc1ccc(-c2nn(-c3ccccc3)cc2Cn2ccnc2)cc1. The largest absolute Gasteiger partial charge is 0.333 e. The maximum atomic E-state index is 13.2. The summed E-state index contributed by atoms with van der Waals surface area (Å²) >= 11 is 0. The molecule has 0 unspecified atom stereocenters. The summed E-state index contributed by atoms with van der Waals surface area (Å²) in [7, 11) is 0. The van der Waals surface area contributed by atoms with Gasteiger partial charge in [0.05, 0.1) is 24.3 Å². The maximum absolute atomic E-state index is 13.2. The Labute approximate surface area is 138 Å². The number of imidazole rings is 1. The van der Waals surface area contributed by atoms with Crippen LogP contribution >= 0.6 is 0 Å². The Hall–Kier alpha value is -3.21. The Bertz CT molecular complexity index is 925. The molecule has 0 radical (unpaired) electrons. The Kier molecular flexibility index (Phi) is 3.67. The average molecular weight is 318 g/mol. The smallest absolute Gasteiger partial charge is 0.123 e. The lowest BCUT2D eigenvalue weighted by atomic mass is 10.1. The Morgan fingerprint density at radius 1 is 0.958 bits per heavy atom. The summed E-state index contributed by atoms with van der Waals surface area (Å²) in [6, 6.07) is 16.4. The van der Waals surface area contributed by atoms with Crippen molar-refractivity contribution in [3.05, 3.63) is 90.9 Å². The molecule has 2 aromatic carbocycles. The molecule has 0 amide bonds. The Morgan fingerprint density at radius 2 is 1.75 bits per heavy atom. The molecule has 0 fully saturated rings. The molecule has 4 aromatic rings. The first-order chi connectivity index (χ1) is 11.8. The lowest BCUT2D eigenvalue weighted by Gasteiger charge is -2.03. The monoisotopic (exact) mass is 318 g/mol. The van der Waals surface area contributed by atoms with E-state index in [2.05, 4.69) is 4.98 Å². The molecular formula is C19H15FN4. The zero-order chi connectivity index (χ0) is 16.4. The minimum Gasteiger partial charge on any atom is -0.333 e. The lowest BCUT2D eigenvalue weighted by molar-refractivity contribution is 0.628. The fourth-order valence-electron chi connectivity index (χ4n) is 2.67. The van der Waals surface area contributed by atoms with Gasteiger partial charge in [-0.2, -0.15) is 5.10 Å². The second-order valence-electron chi connectivity index (χ2n) is 5.52. The van der Waals surface area contributed by atoms with E-state index in [9.17, 15) is 4.39 Å². The van der Waals surface area contributed by atoms with Crippen LogP contribution in [0.1, 0.15) is 5.56 Å². The number of nitrogens with zero attached hydrogens (tertiary/aromatic N) is 4. The van der Waals surface area contributed by atoms with Crippen molar-refractivity contribution in [1.82, 2.24) is 19.3 Å². The normalized spacial score (nSPS) is 10.9. The highest BCUT2D eigenvalue weighted by molar-refractivity contribution is 5.63. The highest BCUT2D eigenvalue weighted by Gasteiger charge is 2.13. The highest BCUT2D eigenvalue weighted by Crippen LogP contribution is 2.24. The van der Waals surface area contributed by atoms with Gasteiger partial charge in [0, 0.05) is 29.7 Å². The van der Waals surface area contributed by atoms with Gasteiger partial charge in [-0.25, -0.2) is 14.1 Å². The van der Waals surface area contributed by atoms with Gasteiger partial charge in [0.2, 0.25) is 0 Å². The van der Waals surface area contributed by atoms with Gasteiger partial charge in [-0.1, -0.05) is 18.2 Å². The van der Waals surface area contributed by atoms with Gasteiger partial charge >= 0.3 is 0 Å². The van der Waals surface area contributed by atoms with Gasteiger partial charge in [0.1, 0.15) is 5.82 Å². The van der Waals surface area contributed by atoms with E-state index >= 15 is 0 Å². The predicted octanol–water partition coefficient (Wildman–Crippen LogP) is 3.92. The van der Waals surface area contributed by atoms with Crippen molar-refractivity contribution in [2.45, 2.75) is 6.54 Å². The van der Waals surface area contributed by atoms with Crippen LogP contribution in [0.5, 0.6) is 0 Å². The first-order valence-corrected chi connectivity index (χ1v) is 7.65. The summed E-state index contributed by atoms with van der Waals surface area (Å²) in [5.74, 6) is -0.252. The second-order valence-corrected chi connectivity index (χ2v) is 5.52. The van der Waals surface area contributed by atoms with Crippen LogP contribution < -0.4 is 0 Å². The Morgan fingerprint density at radius 3 is 2.46 bits per heavy atom. The van der Waals surface area contributed by atoms with Gasteiger partial charge in [-0.05, 0) is 36.4 Å². The van der Waals surface area contributed by atoms with Crippen molar-refractivity contribution in [2.24, 2.45) is 0 Å². The maximum Gasteiger partial charge on any atom is 0.123 e. The number of hydrogen-bond acceptors (Lipinski definition) is 2. The molecular weight excluding hydrogens is 303 g/mol. The molecule has 4 rings (SSSR count). The molecule has 0 saturated heterocycles. The number of halogens is 1. The predicted molar refractivity (Wildman–Crippen MR) is 90.3 cm³/mol. The second kappa shape index (κ2) is 6.12. The van der Waals surface area contributed by atoms with E-state index in [1.165, 1.54) is 12.1 Å². The van der Waals surface area contributed by atoms with Gasteiger partial charge in [-0.3, -0.25) is 0 Å². The van der Waals surface area contributed by atoms with Crippen molar-refractivity contribution in [1.29, 1.82) is 0 Å². The third kappa shape index (κ3) is 2.84. The molecule has 2 aromatic heterocycles. The molecule has 0 spiro atoms. The molecule has 0 aliphatic heterocycles. The van der Waals surface area contributed by atoms with E-state index in [0.717, 1.165) is 22.5 Å². The van der Waals surface area contributed by atoms with Crippen LogP contribution in [0.3, 0.4) is 0 Å². The number of para-hydroxylation sites is 1. The van der Waals surface area contributed by atoms with Gasteiger partial charge in [-0.15, -0.1) is 0 Å². The van der Waals surface area contributed by atoms with Gasteiger partial charge < -0.3 is 4.57 Å². The van der Waals surface area contributed by atoms with Gasteiger partial charge in [0.25, 0.3) is 0 Å². The van der Waals surface area contributed by atoms with E-state index in [1.54, 1.807) is 24.7 Å². The van der Waals surface area contributed by atoms with Gasteiger partial charge in [0.15, 0.2) is 0 Å². The zero-order valence-electron chi connectivity index (χ0n) is 12.9. The van der Waals surface area contributed by atoms with E-state index in [1.807, 2.05) is 52.0 Å². The summed E-state index contributed by atoms with van der Waals surface area (Å²) in [6.45, 7) is 0.652. The summed E-state index contributed by atoms with van der Waals surface area (Å²) < 4.78 is 17.1. The summed E-state index contributed by atoms with van der Waals surface area (Å²) in [5, 5.41) is 4.72. The first-order valence-electron chi connectivity index (χ1n) is 7.65. The van der Waals surface area contributed by atoms with Crippen LogP contribution in [-0.4, -0.2) is 19.3 Å². The molecule has 118 valence electrons. The van der Waals surface area contributed by atoms with Crippen LogP contribution in [0.4, 0.5) is 4.39 Å². The lowest BCUT2D eigenvalue weighted by Crippen LogP contribution is -1.97. The molecule has 0 atom stereocenters. The summed E-state index contributed by atoms with van der Waals surface area (Å²) in [4.78, 5) is 4.08. The molecule has 2 heterocycles. The van der Waals surface area contributed by atoms with Crippen molar-refractivity contribution < 1.29 is 4.39 Å². The average Bonchev–Trinajstić information content (AvgIpc) is 3.27. The fraction of sp³-hybridized carbons (Fsp3) is 0.0526. The number of aromatic nitrogens is 4. The summed E-state index contributed by atoms with van der Waals surface area (Å²) in [5.41, 5.74) is 3.76. The molecule has 24 heavy (non-hydrogen) atoms. The molecule has 0 bridgehead atoms. The minimum absolute atomic E-state index is 0.252. The molecule has 0 N–H and O–H groups in total. The van der Waals surface area contributed by atoms with Crippen LogP contribution in [0, 0.1) is 5.82 Å². The fourth-order valence-corrected chi connectivity index (χ4v) is 2.67. The van der Waals surface area contributed by atoms with Crippen molar-refractivity contribution in [2.75, 3.05) is 0 Å². The topological polar surface area (TPSA) is 35.6 Å². The highest BCUT2D eigenvalue weighted by atomic mass is 19.1. The van der Waals surface area contributed by atoms with E-state index in [-0.39, 0.29) is 5.82 Å². The zero-order valence-corrected chi connectivity index (χ0v) is 12.9. The number of rotatable bonds is 4. The quantitative estimate of drug-likeness (QED) is 0.572. The van der Waals surface area contributed by atoms with Crippen molar-refractivity contribution in [3.8, 4) is 16.9 Å². The summed E-state index contributed by atoms with van der Waals surface area (Å²) in [6.07, 6.45) is 7.44. The van der Waals surface area contributed by atoms with Crippen LogP contribution in [0.15, 0.2) is 79.5 Å². The van der Waals surface area contributed by atoms with E-state index in [0.29, 0.717) is 6.54 Å². The van der Waals surface area contributed by atoms with Crippen molar-refractivity contribution in [3.63, 3.8) is 0 Å². The molecule has 0 aliphatic carbocycles. The van der Waals surface area contributed by atoms with E-state index in [4.69, 9.17) is 5.10 Å². The Balaban J connectivity index is 1.80. The molecule has 0 aliphatic rings. The van der Waals surface area contributed by atoms with Crippen LogP contribution in [-0.2, 0) is 6.54 Å². The standard InChI is InChI=1S/C19H15FN4/c20-17-8-6-15(7-9-17)19-16(12-23-11-10-21-14-23)13-24(22-19)18-4-2-1-3-5-18/h1-11,13-14H,12H2. The van der Waals surface area contributed by atoms with Crippen LogP contribution in [0.2, 0.25) is 0 Å². The van der Waals surface area contributed by atoms with E-state index < -0.39 is 0 Å². The molecule has 0 saturated carbocycles. The van der Waals surface area contributed by atoms with Crippen LogP contribution in [0.25, 0.3) is 16.9 Å². The first kappa shape index (κ1) is 14.4. The third-order valence-electron chi connectivity index (χ3n) is 3.84. The minimum atomic E-state index is -0.252.